The summed E-state index contributed by atoms with van der Waals surface area (Å²) in [7, 11) is 0. The highest BCUT2D eigenvalue weighted by Crippen LogP contribution is 2.36. The van der Waals surface area contributed by atoms with Crippen LogP contribution in [0.4, 0.5) is 0 Å². The van der Waals surface area contributed by atoms with Crippen LogP contribution in [0.25, 0.3) is 33.1 Å². The number of benzene rings is 3. The van der Waals surface area contributed by atoms with Gasteiger partial charge in [0, 0.05) is 10.8 Å². The summed E-state index contributed by atoms with van der Waals surface area (Å²) in [5, 5.41) is 1.61. The van der Waals surface area contributed by atoms with E-state index in [2.05, 4.69) is 0 Å². The molecule has 4 aromatic rings. The van der Waals surface area contributed by atoms with Gasteiger partial charge >= 0.3 is 0 Å². The molecule has 1 nitrogen and oxygen atoms in total. The van der Waals surface area contributed by atoms with E-state index in [9.17, 15) is 0 Å². The van der Waals surface area contributed by atoms with Crippen LogP contribution in [0.1, 0.15) is 6.85 Å². The van der Waals surface area contributed by atoms with Crippen molar-refractivity contribution in [2.75, 3.05) is 0 Å². The standard InChI is InChI=1S/C18H12O/c1-2-7-13(8-3-1)14-10-6-12-17-18(14)15-9-4-5-11-16(15)19-17/h1-12H/i1D,2D,3D,7D,8D. The van der Waals surface area contributed by atoms with Crippen molar-refractivity contribution in [3.63, 3.8) is 0 Å². The summed E-state index contributed by atoms with van der Waals surface area (Å²) >= 11 is 0. The monoisotopic (exact) mass is 249 g/mol. The Hall–Kier alpha value is -2.54. The first kappa shape index (κ1) is 6.58. The van der Waals surface area contributed by atoms with E-state index in [1.807, 2.05) is 30.3 Å². The molecule has 0 aliphatic carbocycles. The highest BCUT2D eigenvalue weighted by atomic mass is 16.3. The van der Waals surface area contributed by atoms with Gasteiger partial charge < -0.3 is 4.42 Å². The first-order valence-corrected chi connectivity index (χ1v) is 5.98. The molecule has 1 heterocycles. The lowest BCUT2D eigenvalue weighted by molar-refractivity contribution is 0.669. The van der Waals surface area contributed by atoms with Crippen LogP contribution in [-0.4, -0.2) is 0 Å². The van der Waals surface area contributed by atoms with E-state index in [4.69, 9.17) is 11.3 Å². The molecule has 0 unspecified atom stereocenters. The van der Waals surface area contributed by atoms with Gasteiger partial charge in [-0.25, -0.2) is 0 Å². The fourth-order valence-electron chi connectivity index (χ4n) is 2.37. The van der Waals surface area contributed by atoms with Gasteiger partial charge in [0.25, 0.3) is 0 Å². The van der Waals surface area contributed by atoms with E-state index in [-0.39, 0.29) is 29.7 Å². The zero-order valence-electron chi connectivity index (χ0n) is 14.9. The molecule has 1 aromatic heterocycles. The van der Waals surface area contributed by atoms with E-state index in [1.54, 1.807) is 12.1 Å². The van der Waals surface area contributed by atoms with Gasteiger partial charge in [0.2, 0.25) is 0 Å². The summed E-state index contributed by atoms with van der Waals surface area (Å²) in [5.74, 6) is 0. The number of hydrogen-bond acceptors (Lipinski definition) is 1. The molecule has 1 heteroatoms. The highest BCUT2D eigenvalue weighted by Gasteiger charge is 2.11. The third-order valence-corrected chi connectivity index (χ3v) is 3.17. The molecule has 3 aromatic carbocycles. The van der Waals surface area contributed by atoms with Gasteiger partial charge in [0.1, 0.15) is 11.2 Å². The molecule has 0 amide bonds. The van der Waals surface area contributed by atoms with Crippen molar-refractivity contribution < 1.29 is 11.3 Å². The average molecular weight is 249 g/mol. The molecule has 0 saturated heterocycles. The number of furan rings is 1. The van der Waals surface area contributed by atoms with Gasteiger partial charge in [-0.2, -0.15) is 0 Å². The predicted octanol–water partition coefficient (Wildman–Crippen LogP) is 5.25. The van der Waals surface area contributed by atoms with Crippen LogP contribution >= 0.6 is 0 Å². The second kappa shape index (κ2) is 3.99. The summed E-state index contributed by atoms with van der Waals surface area (Å²) in [4.78, 5) is 0. The maximum Gasteiger partial charge on any atom is 0.136 e. The van der Waals surface area contributed by atoms with Gasteiger partial charge in [-0.15, -0.1) is 0 Å². The van der Waals surface area contributed by atoms with Crippen LogP contribution in [0.5, 0.6) is 0 Å². The molecule has 90 valence electrons. The molecule has 0 aliphatic heterocycles. The second-order valence-electron chi connectivity index (χ2n) is 4.28. The second-order valence-corrected chi connectivity index (χ2v) is 4.28. The Labute approximate surface area is 118 Å². The Kier molecular flexibility index (Phi) is 1.38. The molecule has 0 atom stereocenters. The third kappa shape index (κ3) is 1.55. The lowest BCUT2D eigenvalue weighted by Crippen LogP contribution is -1.78. The lowest BCUT2D eigenvalue weighted by Gasteiger charge is -2.03. The van der Waals surface area contributed by atoms with Crippen LogP contribution in [0.2, 0.25) is 0 Å². The SMILES string of the molecule is [2H]c1c([2H])c([2H])c(-c2cccc3oc4ccccc4c23)c([2H])c1[2H]. The summed E-state index contributed by atoms with van der Waals surface area (Å²) in [6.07, 6.45) is 0. The fourth-order valence-corrected chi connectivity index (χ4v) is 2.37. The van der Waals surface area contributed by atoms with Gasteiger partial charge in [-0.1, -0.05) is 60.5 Å². The highest BCUT2D eigenvalue weighted by molar-refractivity contribution is 6.12. The maximum atomic E-state index is 8.21. The predicted molar refractivity (Wildman–Crippen MR) is 79.2 cm³/mol. The largest absolute Gasteiger partial charge is 0.456 e. The topological polar surface area (TPSA) is 13.1 Å². The van der Waals surface area contributed by atoms with Crippen molar-refractivity contribution in [1.82, 2.24) is 0 Å². The van der Waals surface area contributed by atoms with E-state index in [0.717, 1.165) is 10.8 Å². The van der Waals surface area contributed by atoms with Crippen LogP contribution in [0.15, 0.2) is 77.1 Å². The molecule has 0 fully saturated rings. The Morgan fingerprint density at radius 3 is 2.47 bits per heavy atom. The molecule has 0 spiro atoms. The van der Waals surface area contributed by atoms with Crippen molar-refractivity contribution in [2.24, 2.45) is 0 Å². The minimum absolute atomic E-state index is 0.193. The Morgan fingerprint density at radius 1 is 0.789 bits per heavy atom. The van der Waals surface area contributed by atoms with Gasteiger partial charge in [0.15, 0.2) is 0 Å². The molecule has 0 radical (unpaired) electrons. The molecule has 0 N–H and O–H groups in total. The molecule has 0 saturated carbocycles. The van der Waals surface area contributed by atoms with E-state index >= 15 is 0 Å². The quantitative estimate of drug-likeness (QED) is 0.449. The number of hydrogen-bond donors (Lipinski definition) is 0. The van der Waals surface area contributed by atoms with Gasteiger partial charge in [-0.05, 0) is 23.3 Å². The van der Waals surface area contributed by atoms with Crippen molar-refractivity contribution in [1.29, 1.82) is 0 Å². The zero-order chi connectivity index (χ0) is 17.0. The Balaban J connectivity index is 2.20. The smallest absolute Gasteiger partial charge is 0.136 e. The van der Waals surface area contributed by atoms with Gasteiger partial charge in [0.05, 0.1) is 6.85 Å². The van der Waals surface area contributed by atoms with Crippen molar-refractivity contribution >= 4 is 21.9 Å². The first-order chi connectivity index (χ1) is 11.5. The normalized spacial score (nSPS) is 14.8. The zero-order valence-corrected chi connectivity index (χ0v) is 9.95. The van der Waals surface area contributed by atoms with Crippen LogP contribution in [0.3, 0.4) is 0 Å². The van der Waals surface area contributed by atoms with Crippen molar-refractivity contribution in [3.8, 4) is 11.1 Å². The lowest BCUT2D eigenvalue weighted by atomic mass is 10.00. The van der Waals surface area contributed by atoms with Crippen molar-refractivity contribution in [2.45, 2.75) is 0 Å². The third-order valence-electron chi connectivity index (χ3n) is 3.17. The summed E-state index contributed by atoms with van der Waals surface area (Å²) in [6.45, 7) is 0. The molecular weight excluding hydrogens is 232 g/mol. The van der Waals surface area contributed by atoms with E-state index < -0.39 is 6.04 Å². The Bertz CT molecular complexity index is 1080. The summed E-state index contributed by atoms with van der Waals surface area (Å²) in [5.41, 5.74) is 2.10. The van der Waals surface area contributed by atoms with Crippen LogP contribution in [0, 0.1) is 0 Å². The Morgan fingerprint density at radius 2 is 1.58 bits per heavy atom. The molecule has 19 heavy (non-hydrogen) atoms. The molecular formula is C18H12O. The van der Waals surface area contributed by atoms with E-state index in [0.29, 0.717) is 16.7 Å². The van der Waals surface area contributed by atoms with E-state index in [1.165, 1.54) is 0 Å². The minimum atomic E-state index is -0.391. The molecule has 0 aliphatic rings. The fraction of sp³-hybridized carbons (Fsp3) is 0. The minimum Gasteiger partial charge on any atom is -0.456 e. The maximum absolute atomic E-state index is 8.21. The molecule has 4 rings (SSSR count). The van der Waals surface area contributed by atoms with Crippen molar-refractivity contribution in [3.05, 3.63) is 72.7 Å². The summed E-state index contributed by atoms with van der Waals surface area (Å²) < 4.78 is 45.8. The molecule has 0 bridgehead atoms. The average Bonchev–Trinajstić information content (AvgIpc) is 2.98. The van der Waals surface area contributed by atoms with Crippen LogP contribution < -0.4 is 0 Å². The van der Waals surface area contributed by atoms with Crippen LogP contribution in [-0.2, 0) is 0 Å². The number of rotatable bonds is 1. The number of para-hydroxylation sites is 1. The first-order valence-electron chi connectivity index (χ1n) is 8.48. The van der Waals surface area contributed by atoms with Gasteiger partial charge in [-0.3, -0.25) is 0 Å². The summed E-state index contributed by atoms with van der Waals surface area (Å²) in [6, 6.07) is 11.4. The number of fused-ring (bicyclic) bond motifs is 3.